The lowest BCUT2D eigenvalue weighted by Crippen LogP contribution is -2.21. The average Bonchev–Trinajstić information content (AvgIpc) is 2.81. The van der Waals surface area contributed by atoms with Crippen LogP contribution in [0.25, 0.3) is 10.8 Å². The molecule has 0 saturated carbocycles. The minimum atomic E-state index is -0.214. The zero-order chi connectivity index (χ0) is 17.3. The molecule has 6 heteroatoms. The van der Waals surface area contributed by atoms with E-state index in [2.05, 4.69) is 26.3 Å². The van der Waals surface area contributed by atoms with Crippen LogP contribution in [0.2, 0.25) is 0 Å². The number of benzene rings is 2. The molecular formula is C18H18BrN3O2. The van der Waals surface area contributed by atoms with Crippen molar-refractivity contribution in [1.29, 1.82) is 0 Å². The van der Waals surface area contributed by atoms with Crippen LogP contribution in [0.5, 0.6) is 5.75 Å². The van der Waals surface area contributed by atoms with Gasteiger partial charge in [-0.25, -0.2) is 0 Å². The summed E-state index contributed by atoms with van der Waals surface area (Å²) >= 11 is 3.56. The van der Waals surface area contributed by atoms with Gasteiger partial charge in [0.2, 0.25) is 0 Å². The fourth-order valence-corrected chi connectivity index (χ4v) is 3.21. The molecule has 1 aromatic heterocycles. The fourth-order valence-electron chi connectivity index (χ4n) is 2.60. The first kappa shape index (κ1) is 16.5. The SMILES string of the molecule is Cc1nn(C)c(C)c1NC(=O)COc1ccc2ccccc2c1Br. The normalized spacial score (nSPS) is 10.8. The third-order valence-corrected chi connectivity index (χ3v) is 4.78. The van der Waals surface area contributed by atoms with E-state index < -0.39 is 0 Å². The highest BCUT2D eigenvalue weighted by Crippen LogP contribution is 2.33. The highest BCUT2D eigenvalue weighted by Gasteiger charge is 2.14. The van der Waals surface area contributed by atoms with Gasteiger partial charge in [-0.05, 0) is 46.6 Å². The van der Waals surface area contributed by atoms with Gasteiger partial charge >= 0.3 is 0 Å². The molecule has 0 atom stereocenters. The number of carbonyl (C=O) groups excluding carboxylic acids is 1. The molecule has 0 aliphatic heterocycles. The molecule has 0 unspecified atom stereocenters. The van der Waals surface area contributed by atoms with Crippen LogP contribution < -0.4 is 10.1 Å². The van der Waals surface area contributed by atoms with Crippen LogP contribution in [0.15, 0.2) is 40.9 Å². The molecule has 0 aliphatic rings. The number of rotatable bonds is 4. The van der Waals surface area contributed by atoms with Gasteiger partial charge in [-0.15, -0.1) is 0 Å². The highest BCUT2D eigenvalue weighted by molar-refractivity contribution is 9.10. The Kier molecular flexibility index (Phi) is 4.57. The Bertz CT molecular complexity index is 918. The lowest BCUT2D eigenvalue weighted by molar-refractivity contribution is -0.118. The lowest BCUT2D eigenvalue weighted by atomic mass is 10.1. The van der Waals surface area contributed by atoms with Crippen molar-refractivity contribution in [2.75, 3.05) is 11.9 Å². The summed E-state index contributed by atoms with van der Waals surface area (Å²) in [6.07, 6.45) is 0. The minimum Gasteiger partial charge on any atom is -0.483 e. The van der Waals surface area contributed by atoms with Crippen molar-refractivity contribution >= 4 is 38.3 Å². The number of hydrogen-bond acceptors (Lipinski definition) is 3. The molecular weight excluding hydrogens is 370 g/mol. The van der Waals surface area contributed by atoms with Gasteiger partial charge in [0, 0.05) is 7.05 Å². The molecule has 5 nitrogen and oxygen atoms in total. The molecule has 1 N–H and O–H groups in total. The Hall–Kier alpha value is -2.34. The number of carbonyl (C=O) groups is 1. The van der Waals surface area contributed by atoms with Gasteiger partial charge in [-0.2, -0.15) is 5.10 Å². The van der Waals surface area contributed by atoms with Gasteiger partial charge in [-0.1, -0.05) is 30.3 Å². The zero-order valence-electron chi connectivity index (χ0n) is 13.8. The number of fused-ring (bicyclic) bond motifs is 1. The van der Waals surface area contributed by atoms with E-state index in [4.69, 9.17) is 4.74 Å². The number of nitrogens with one attached hydrogen (secondary N) is 1. The third-order valence-electron chi connectivity index (χ3n) is 3.96. The number of halogens is 1. The van der Waals surface area contributed by atoms with Crippen LogP contribution in [0.4, 0.5) is 5.69 Å². The van der Waals surface area contributed by atoms with E-state index in [1.165, 1.54) is 0 Å². The third kappa shape index (κ3) is 3.14. The number of aromatic nitrogens is 2. The van der Waals surface area contributed by atoms with E-state index in [0.717, 1.165) is 32.3 Å². The number of aryl methyl sites for hydroxylation is 2. The zero-order valence-corrected chi connectivity index (χ0v) is 15.3. The minimum absolute atomic E-state index is 0.0648. The van der Waals surface area contributed by atoms with Crippen molar-refractivity contribution in [2.24, 2.45) is 7.05 Å². The molecule has 3 aromatic rings. The van der Waals surface area contributed by atoms with Gasteiger partial charge in [0.15, 0.2) is 6.61 Å². The van der Waals surface area contributed by atoms with Crippen LogP contribution in [0.3, 0.4) is 0 Å². The number of ether oxygens (including phenoxy) is 1. The smallest absolute Gasteiger partial charge is 0.262 e. The first-order chi connectivity index (χ1) is 11.5. The first-order valence-electron chi connectivity index (χ1n) is 7.57. The van der Waals surface area contributed by atoms with Crippen LogP contribution in [-0.4, -0.2) is 22.3 Å². The molecule has 24 heavy (non-hydrogen) atoms. The maximum atomic E-state index is 12.2. The maximum Gasteiger partial charge on any atom is 0.262 e. The van der Waals surface area contributed by atoms with E-state index in [-0.39, 0.29) is 12.5 Å². The number of hydrogen-bond donors (Lipinski definition) is 1. The van der Waals surface area contributed by atoms with Crippen LogP contribution >= 0.6 is 15.9 Å². The molecule has 1 amide bonds. The maximum absolute atomic E-state index is 12.2. The van der Waals surface area contributed by atoms with Crippen molar-refractivity contribution in [3.8, 4) is 5.75 Å². The molecule has 0 fully saturated rings. The van der Waals surface area contributed by atoms with E-state index in [1.807, 2.05) is 57.3 Å². The number of nitrogens with zero attached hydrogens (tertiary/aromatic N) is 2. The summed E-state index contributed by atoms with van der Waals surface area (Å²) in [5.41, 5.74) is 2.44. The number of anilines is 1. The van der Waals surface area contributed by atoms with Crippen molar-refractivity contribution < 1.29 is 9.53 Å². The Labute approximate surface area is 148 Å². The second-order valence-corrected chi connectivity index (χ2v) is 6.40. The largest absolute Gasteiger partial charge is 0.483 e. The monoisotopic (exact) mass is 387 g/mol. The van der Waals surface area contributed by atoms with Crippen molar-refractivity contribution in [3.63, 3.8) is 0 Å². The Balaban J connectivity index is 1.71. The van der Waals surface area contributed by atoms with Crippen molar-refractivity contribution in [2.45, 2.75) is 13.8 Å². The van der Waals surface area contributed by atoms with Gasteiger partial charge in [0.25, 0.3) is 5.91 Å². The summed E-state index contributed by atoms with van der Waals surface area (Å²) in [6, 6.07) is 11.8. The van der Waals surface area contributed by atoms with Crippen molar-refractivity contribution in [3.05, 3.63) is 52.3 Å². The molecule has 0 saturated heterocycles. The molecule has 124 valence electrons. The summed E-state index contributed by atoms with van der Waals surface area (Å²) in [4.78, 5) is 12.2. The highest BCUT2D eigenvalue weighted by atomic mass is 79.9. The molecule has 0 aliphatic carbocycles. The van der Waals surface area contributed by atoms with E-state index in [0.29, 0.717) is 5.75 Å². The second kappa shape index (κ2) is 6.65. The average molecular weight is 388 g/mol. The summed E-state index contributed by atoms with van der Waals surface area (Å²) < 4.78 is 8.27. The Morgan fingerprint density at radius 1 is 1.25 bits per heavy atom. The summed E-state index contributed by atoms with van der Waals surface area (Å²) in [5.74, 6) is 0.428. The topological polar surface area (TPSA) is 56.2 Å². The van der Waals surface area contributed by atoms with E-state index in [1.54, 1.807) is 4.68 Å². The van der Waals surface area contributed by atoms with Gasteiger partial charge < -0.3 is 10.1 Å². The fraction of sp³-hybridized carbons (Fsp3) is 0.222. The Morgan fingerprint density at radius 2 is 2.00 bits per heavy atom. The van der Waals surface area contributed by atoms with Crippen LogP contribution in [-0.2, 0) is 11.8 Å². The predicted molar refractivity (Wildman–Crippen MR) is 98.5 cm³/mol. The first-order valence-corrected chi connectivity index (χ1v) is 8.36. The number of amides is 1. The van der Waals surface area contributed by atoms with Gasteiger partial charge in [0.1, 0.15) is 5.75 Å². The summed E-state index contributed by atoms with van der Waals surface area (Å²) in [6.45, 7) is 3.71. The van der Waals surface area contributed by atoms with Crippen molar-refractivity contribution in [1.82, 2.24) is 9.78 Å². The predicted octanol–water partition coefficient (Wildman–Crippen LogP) is 3.97. The molecule has 0 spiro atoms. The van der Waals surface area contributed by atoms with E-state index in [9.17, 15) is 4.79 Å². The molecule has 2 aromatic carbocycles. The van der Waals surface area contributed by atoms with Crippen LogP contribution in [0.1, 0.15) is 11.4 Å². The summed E-state index contributed by atoms with van der Waals surface area (Å²) in [7, 11) is 1.85. The van der Waals surface area contributed by atoms with Crippen LogP contribution in [0, 0.1) is 13.8 Å². The van der Waals surface area contributed by atoms with E-state index >= 15 is 0 Å². The standard InChI is InChI=1S/C18H18BrN3O2/c1-11-18(12(2)22(3)21-11)20-16(23)10-24-15-9-8-13-6-4-5-7-14(13)17(15)19/h4-9H,10H2,1-3H3,(H,20,23). The quantitative estimate of drug-likeness (QED) is 0.736. The lowest BCUT2D eigenvalue weighted by Gasteiger charge is -2.11. The van der Waals surface area contributed by atoms with Gasteiger partial charge in [-0.3, -0.25) is 9.48 Å². The molecule has 3 rings (SSSR count). The molecule has 1 heterocycles. The van der Waals surface area contributed by atoms with Gasteiger partial charge in [0.05, 0.1) is 21.5 Å². The molecule has 0 bridgehead atoms. The summed E-state index contributed by atoms with van der Waals surface area (Å²) in [5, 5.41) is 9.31. The second-order valence-electron chi connectivity index (χ2n) is 5.61. The molecule has 0 radical (unpaired) electrons. The Morgan fingerprint density at radius 3 is 2.71 bits per heavy atom.